The highest BCUT2D eigenvalue weighted by Gasteiger charge is 2.12. The van der Waals surface area contributed by atoms with E-state index in [1.807, 2.05) is 48.5 Å². The predicted octanol–water partition coefficient (Wildman–Crippen LogP) is 5.41. The molecule has 7 heteroatoms. The summed E-state index contributed by atoms with van der Waals surface area (Å²) in [5.74, 6) is 0.301. The van der Waals surface area contributed by atoms with Gasteiger partial charge in [0.15, 0.2) is 5.76 Å². The lowest BCUT2D eigenvalue weighted by Crippen LogP contribution is -2.16. The van der Waals surface area contributed by atoms with Crippen LogP contribution in [0.5, 0.6) is 5.75 Å². The molecule has 1 N–H and O–H groups in total. The van der Waals surface area contributed by atoms with E-state index in [-0.39, 0.29) is 12.4 Å². The maximum atomic E-state index is 12.4. The normalized spacial score (nSPS) is 10.8. The van der Waals surface area contributed by atoms with E-state index in [4.69, 9.17) is 9.15 Å². The summed E-state index contributed by atoms with van der Waals surface area (Å²) in [7, 11) is 0. The van der Waals surface area contributed by atoms with Crippen LogP contribution in [0.15, 0.2) is 86.8 Å². The van der Waals surface area contributed by atoms with Crippen molar-refractivity contribution in [3.63, 3.8) is 0 Å². The summed E-state index contributed by atoms with van der Waals surface area (Å²) in [6, 6.07) is 23.9. The number of carbonyl (C=O) groups is 1. The Morgan fingerprint density at radius 3 is 2.81 bits per heavy atom. The molecule has 4 aromatic rings. The fourth-order valence-corrected chi connectivity index (χ4v) is 3.35. The maximum Gasteiger partial charge on any atom is 0.307 e. The van der Waals surface area contributed by atoms with Crippen molar-refractivity contribution >= 4 is 39.0 Å². The first kappa shape index (κ1) is 20.4. The number of halogens is 1. The molecule has 0 aliphatic carbocycles. The van der Waals surface area contributed by atoms with Gasteiger partial charge in [-0.05, 0) is 42.5 Å². The highest BCUT2D eigenvalue weighted by molar-refractivity contribution is 9.10. The summed E-state index contributed by atoms with van der Waals surface area (Å²) in [6.07, 6.45) is 1.50. The number of hydrogen-bond acceptors (Lipinski definition) is 5. The van der Waals surface area contributed by atoms with Crippen LogP contribution in [0.1, 0.15) is 27.2 Å². The third-order valence-corrected chi connectivity index (χ3v) is 5.01. The van der Waals surface area contributed by atoms with E-state index in [2.05, 4.69) is 32.5 Å². The number of fused-ring (bicyclic) bond motifs is 1. The number of nitrogens with zero attached hydrogens (tertiary/aromatic N) is 2. The Kier molecular flexibility index (Phi) is 6.11. The molecule has 0 spiro atoms. The number of nitrogens with one attached hydrogen (secondary N) is 1. The van der Waals surface area contributed by atoms with Crippen LogP contribution in [0.4, 0.5) is 0 Å². The Morgan fingerprint density at radius 1 is 1.13 bits per heavy atom. The van der Waals surface area contributed by atoms with Crippen LogP contribution in [0, 0.1) is 11.3 Å². The quantitative estimate of drug-likeness (QED) is 0.299. The zero-order valence-electron chi connectivity index (χ0n) is 16.2. The predicted molar refractivity (Wildman–Crippen MR) is 121 cm³/mol. The molecule has 0 saturated carbocycles. The molecule has 0 radical (unpaired) electrons. The molecule has 1 heterocycles. The molecule has 0 aliphatic rings. The van der Waals surface area contributed by atoms with E-state index in [9.17, 15) is 10.1 Å². The Morgan fingerprint density at radius 2 is 1.94 bits per heavy atom. The molecule has 0 saturated heterocycles. The Hall–Kier alpha value is -3.89. The topological polar surface area (TPSA) is 87.6 Å². The second kappa shape index (κ2) is 9.28. The monoisotopic (exact) mass is 473 g/mol. The van der Waals surface area contributed by atoms with Crippen molar-refractivity contribution in [2.24, 2.45) is 5.10 Å². The Balaban J connectivity index is 1.44. The number of benzene rings is 3. The molecule has 31 heavy (non-hydrogen) atoms. The van der Waals surface area contributed by atoms with Crippen LogP contribution < -0.4 is 10.2 Å². The molecule has 0 fully saturated rings. The molecule has 1 amide bonds. The van der Waals surface area contributed by atoms with Crippen LogP contribution in [-0.4, -0.2) is 12.1 Å². The van der Waals surface area contributed by atoms with Crippen LogP contribution in [0.25, 0.3) is 11.0 Å². The zero-order valence-corrected chi connectivity index (χ0v) is 17.8. The van der Waals surface area contributed by atoms with Gasteiger partial charge in [-0.3, -0.25) is 4.79 Å². The number of hydrazone groups is 1. The van der Waals surface area contributed by atoms with Gasteiger partial charge in [0.25, 0.3) is 0 Å². The summed E-state index contributed by atoms with van der Waals surface area (Å²) in [5, 5.41) is 14.1. The lowest BCUT2D eigenvalue weighted by atomic mass is 10.1. The maximum absolute atomic E-state index is 12.4. The number of furan rings is 1. The van der Waals surface area contributed by atoms with Gasteiger partial charge in [-0.15, -0.1) is 0 Å². The number of amides is 1. The smallest absolute Gasteiger partial charge is 0.307 e. The number of nitriles is 1. The molecule has 1 aromatic heterocycles. The minimum atomic E-state index is -0.454. The van der Waals surface area contributed by atoms with Gasteiger partial charge in [0.1, 0.15) is 17.9 Å². The molecule has 4 rings (SSSR count). The van der Waals surface area contributed by atoms with Gasteiger partial charge in [0.2, 0.25) is 0 Å². The van der Waals surface area contributed by atoms with Gasteiger partial charge in [-0.25, -0.2) is 5.43 Å². The molecule has 152 valence electrons. The highest BCUT2D eigenvalue weighted by atomic mass is 79.9. The van der Waals surface area contributed by atoms with Crippen molar-refractivity contribution < 1.29 is 13.9 Å². The number of hydrogen-bond donors (Lipinski definition) is 1. The van der Waals surface area contributed by atoms with Crippen molar-refractivity contribution in [1.82, 2.24) is 5.43 Å². The van der Waals surface area contributed by atoms with Crippen molar-refractivity contribution in [3.05, 3.63) is 99.7 Å². The molecule has 0 atom stereocenters. The molecular weight excluding hydrogens is 458 g/mol. The summed E-state index contributed by atoms with van der Waals surface area (Å²) in [6.45, 7) is 0.246. The zero-order chi connectivity index (χ0) is 21.6. The SMILES string of the molecule is N#Cc1ccccc1COc1ccccc1/C=N/NC(=O)c1cc2cc(Br)ccc2o1. The minimum absolute atomic E-state index is 0.169. The number of rotatable bonds is 6. The number of carbonyl (C=O) groups excluding carboxylic acids is 1. The number of para-hydroxylation sites is 1. The first-order chi connectivity index (χ1) is 15.1. The standard InChI is InChI=1S/C24H16BrN3O3/c25-20-9-10-22-19(11-20)12-23(31-22)24(29)28-27-14-17-6-3-4-8-21(17)30-15-18-7-2-1-5-16(18)13-26/h1-12,14H,15H2,(H,28,29)/b27-14+. The van der Waals surface area contributed by atoms with Crippen LogP contribution >= 0.6 is 15.9 Å². The Bertz CT molecular complexity index is 1320. The molecule has 3 aromatic carbocycles. The summed E-state index contributed by atoms with van der Waals surface area (Å²) < 4.78 is 12.3. The first-order valence-corrected chi connectivity index (χ1v) is 10.2. The molecular formula is C24H16BrN3O3. The third kappa shape index (κ3) is 4.82. The van der Waals surface area contributed by atoms with Crippen molar-refractivity contribution in [3.8, 4) is 11.8 Å². The molecule has 0 bridgehead atoms. The Labute approximate surface area is 186 Å². The lowest BCUT2D eigenvalue weighted by molar-refractivity contribution is 0.0929. The number of ether oxygens (including phenoxy) is 1. The van der Waals surface area contributed by atoms with Gasteiger partial charge in [-0.1, -0.05) is 46.3 Å². The van der Waals surface area contributed by atoms with Gasteiger partial charge in [-0.2, -0.15) is 10.4 Å². The third-order valence-electron chi connectivity index (χ3n) is 4.51. The first-order valence-electron chi connectivity index (χ1n) is 9.36. The fraction of sp³-hybridized carbons (Fsp3) is 0.0417. The van der Waals surface area contributed by atoms with Crippen LogP contribution in [-0.2, 0) is 6.61 Å². The summed E-state index contributed by atoms with van der Waals surface area (Å²) >= 11 is 3.40. The average molecular weight is 474 g/mol. The molecule has 0 unspecified atom stereocenters. The van der Waals surface area contributed by atoms with Crippen molar-refractivity contribution in [1.29, 1.82) is 5.26 Å². The van der Waals surface area contributed by atoms with Crippen LogP contribution in [0.3, 0.4) is 0 Å². The van der Waals surface area contributed by atoms with E-state index < -0.39 is 5.91 Å². The van der Waals surface area contributed by atoms with Gasteiger partial charge in [0.05, 0.1) is 17.8 Å². The summed E-state index contributed by atoms with van der Waals surface area (Å²) in [4.78, 5) is 12.4. The molecule has 0 aliphatic heterocycles. The summed E-state index contributed by atoms with van der Waals surface area (Å²) in [5.41, 5.74) is 5.14. The van der Waals surface area contributed by atoms with Crippen molar-refractivity contribution in [2.75, 3.05) is 0 Å². The van der Waals surface area contributed by atoms with Gasteiger partial charge >= 0.3 is 5.91 Å². The minimum Gasteiger partial charge on any atom is -0.488 e. The average Bonchev–Trinajstić information content (AvgIpc) is 3.22. The second-order valence-electron chi connectivity index (χ2n) is 6.59. The van der Waals surface area contributed by atoms with Gasteiger partial charge in [0, 0.05) is 21.0 Å². The van der Waals surface area contributed by atoms with E-state index in [1.54, 1.807) is 24.3 Å². The second-order valence-corrected chi connectivity index (χ2v) is 7.50. The van der Waals surface area contributed by atoms with E-state index >= 15 is 0 Å². The van der Waals surface area contributed by atoms with E-state index in [0.29, 0.717) is 22.5 Å². The highest BCUT2D eigenvalue weighted by Crippen LogP contribution is 2.23. The van der Waals surface area contributed by atoms with Gasteiger partial charge < -0.3 is 9.15 Å². The van der Waals surface area contributed by atoms with E-state index in [1.165, 1.54) is 6.21 Å². The van der Waals surface area contributed by atoms with Crippen molar-refractivity contribution in [2.45, 2.75) is 6.61 Å². The van der Waals surface area contributed by atoms with E-state index in [0.717, 1.165) is 15.4 Å². The largest absolute Gasteiger partial charge is 0.488 e. The lowest BCUT2D eigenvalue weighted by Gasteiger charge is -2.10. The molecule has 6 nitrogen and oxygen atoms in total. The fourth-order valence-electron chi connectivity index (χ4n) is 2.97. The van der Waals surface area contributed by atoms with Crippen LogP contribution in [0.2, 0.25) is 0 Å².